The highest BCUT2D eigenvalue weighted by molar-refractivity contribution is 7.13. The molecule has 1 aromatic heterocycles. The molecule has 5 N–H and O–H groups in total. The second-order valence-electron chi connectivity index (χ2n) is 12.7. The molecule has 0 spiro atoms. The van der Waals surface area contributed by atoms with Crippen molar-refractivity contribution >= 4 is 41.5 Å². The molecule has 244 valence electrons. The van der Waals surface area contributed by atoms with Gasteiger partial charge in [-0.25, -0.2) is 4.98 Å². The molecule has 13 heteroatoms. The van der Waals surface area contributed by atoms with Crippen LogP contribution in [0.1, 0.15) is 38.4 Å². The summed E-state index contributed by atoms with van der Waals surface area (Å²) in [7, 11) is 0. The van der Waals surface area contributed by atoms with E-state index >= 15 is 0 Å². The second-order valence-corrected chi connectivity index (χ2v) is 13.5. The van der Waals surface area contributed by atoms with E-state index in [9.17, 15) is 19.5 Å². The topological polar surface area (TPSA) is 144 Å². The van der Waals surface area contributed by atoms with Crippen LogP contribution >= 0.6 is 23.7 Å². The minimum Gasteiger partial charge on any atom is -0.391 e. The predicted octanol–water partition coefficient (Wildman–Crippen LogP) is 1.27. The molecule has 0 bridgehead atoms. The molecule has 2 aromatic rings. The van der Waals surface area contributed by atoms with Crippen molar-refractivity contribution in [2.45, 2.75) is 58.7 Å². The molecule has 0 aliphatic carbocycles. The molecule has 4 rings (SSSR count). The van der Waals surface area contributed by atoms with E-state index in [1.165, 1.54) is 4.90 Å². The third-order valence-corrected chi connectivity index (χ3v) is 9.21. The number of carbonyl (C=O) groups is 3. The van der Waals surface area contributed by atoms with Gasteiger partial charge in [-0.2, -0.15) is 0 Å². The number of rotatable bonds is 11. The van der Waals surface area contributed by atoms with Gasteiger partial charge in [0.25, 0.3) is 0 Å². The number of hydrogen-bond acceptors (Lipinski definition) is 9. The van der Waals surface area contributed by atoms with Gasteiger partial charge in [0.2, 0.25) is 17.7 Å². The van der Waals surface area contributed by atoms with Gasteiger partial charge in [-0.05, 0) is 29.9 Å². The number of likely N-dealkylation sites (tertiary alicyclic amines) is 1. The Kier molecular flexibility index (Phi) is 13.1. The van der Waals surface area contributed by atoms with Gasteiger partial charge >= 0.3 is 0 Å². The van der Waals surface area contributed by atoms with Crippen LogP contribution in [0.3, 0.4) is 0 Å². The maximum atomic E-state index is 13.8. The van der Waals surface area contributed by atoms with E-state index in [0.717, 1.165) is 54.4 Å². The number of nitrogens with zero attached hydrogens (tertiary/aromatic N) is 4. The minimum absolute atomic E-state index is 0. The highest BCUT2D eigenvalue weighted by Gasteiger charge is 2.44. The number of piperazine rings is 1. The maximum absolute atomic E-state index is 13.8. The summed E-state index contributed by atoms with van der Waals surface area (Å²) in [5.41, 5.74) is 10.1. The van der Waals surface area contributed by atoms with Crippen molar-refractivity contribution in [1.82, 2.24) is 30.3 Å². The summed E-state index contributed by atoms with van der Waals surface area (Å²) in [4.78, 5) is 51.4. The molecule has 2 aliphatic heterocycles. The lowest BCUT2D eigenvalue weighted by atomic mass is 9.85. The molecule has 3 heterocycles. The summed E-state index contributed by atoms with van der Waals surface area (Å²) in [6.07, 6.45) is -0.000232. The summed E-state index contributed by atoms with van der Waals surface area (Å²) in [6.45, 7) is 13.0. The third kappa shape index (κ3) is 9.45. The van der Waals surface area contributed by atoms with Gasteiger partial charge in [0.05, 0.1) is 28.7 Å². The van der Waals surface area contributed by atoms with Gasteiger partial charge in [0.15, 0.2) is 0 Å². The SMILES string of the molecule is Cc1ncsc1-c1ccc(CCNC(=O)[C@@H]2C[C@H](O)CN2C(=O)[C@@H](NC(=O)CN2CCN(CCN)CC2)C(C)(C)C)cc1.Cl. The Morgan fingerprint density at radius 2 is 1.77 bits per heavy atom. The van der Waals surface area contributed by atoms with Gasteiger partial charge in [0.1, 0.15) is 12.1 Å². The zero-order valence-corrected chi connectivity index (χ0v) is 27.9. The Morgan fingerprint density at radius 1 is 1.11 bits per heavy atom. The van der Waals surface area contributed by atoms with Crippen LogP contribution in [-0.4, -0.2) is 120 Å². The first kappa shape index (κ1) is 35.9. The molecule has 44 heavy (non-hydrogen) atoms. The first-order valence-electron chi connectivity index (χ1n) is 15.2. The van der Waals surface area contributed by atoms with Crippen molar-refractivity contribution in [1.29, 1.82) is 0 Å². The monoisotopic (exact) mass is 649 g/mol. The molecule has 2 saturated heterocycles. The summed E-state index contributed by atoms with van der Waals surface area (Å²) >= 11 is 1.61. The normalized spacial score (nSPS) is 20.2. The number of β-amino-alcohol motifs (C(OH)–C–C–N with tert-alkyl or cyclic N) is 1. The molecule has 2 aliphatic rings. The van der Waals surface area contributed by atoms with E-state index in [-0.39, 0.29) is 49.6 Å². The zero-order valence-electron chi connectivity index (χ0n) is 26.3. The highest BCUT2D eigenvalue weighted by Crippen LogP contribution is 2.28. The molecule has 3 atom stereocenters. The van der Waals surface area contributed by atoms with Crippen LogP contribution in [0.2, 0.25) is 0 Å². The highest BCUT2D eigenvalue weighted by atomic mass is 35.5. The van der Waals surface area contributed by atoms with Gasteiger partial charge < -0.3 is 26.4 Å². The fourth-order valence-corrected chi connectivity index (χ4v) is 6.54. The van der Waals surface area contributed by atoms with Crippen LogP contribution in [-0.2, 0) is 20.8 Å². The van der Waals surface area contributed by atoms with E-state index in [1.807, 2.05) is 45.3 Å². The lowest BCUT2D eigenvalue weighted by Crippen LogP contribution is -2.59. The number of aliphatic hydroxyl groups is 1. The molecule has 3 amide bonds. The Bertz CT molecular complexity index is 1240. The lowest BCUT2D eigenvalue weighted by Gasteiger charge is -2.37. The number of hydrogen-bond donors (Lipinski definition) is 4. The molecule has 0 unspecified atom stereocenters. The van der Waals surface area contributed by atoms with Crippen LogP contribution in [0.25, 0.3) is 10.4 Å². The predicted molar refractivity (Wildman–Crippen MR) is 176 cm³/mol. The summed E-state index contributed by atoms with van der Waals surface area (Å²) in [6, 6.07) is 6.60. The number of carbonyl (C=O) groups excluding carboxylic acids is 3. The van der Waals surface area contributed by atoms with Crippen LogP contribution < -0.4 is 16.4 Å². The van der Waals surface area contributed by atoms with Crippen molar-refractivity contribution in [3.8, 4) is 10.4 Å². The minimum atomic E-state index is -0.833. The average Bonchev–Trinajstić information content (AvgIpc) is 3.57. The molecular weight excluding hydrogens is 602 g/mol. The number of aliphatic hydroxyl groups excluding tert-OH is 1. The number of amides is 3. The van der Waals surface area contributed by atoms with Crippen LogP contribution in [0.4, 0.5) is 0 Å². The summed E-state index contributed by atoms with van der Waals surface area (Å²) in [5.74, 6) is -0.867. The Labute approximate surface area is 271 Å². The first-order valence-corrected chi connectivity index (χ1v) is 16.0. The fraction of sp³-hybridized carbons (Fsp3) is 0.613. The van der Waals surface area contributed by atoms with Gasteiger partial charge in [-0.1, -0.05) is 45.0 Å². The van der Waals surface area contributed by atoms with E-state index < -0.39 is 23.6 Å². The Balaban J connectivity index is 0.00000529. The Morgan fingerprint density at radius 3 is 2.36 bits per heavy atom. The largest absolute Gasteiger partial charge is 0.391 e. The number of halogens is 1. The van der Waals surface area contributed by atoms with Crippen molar-refractivity contribution in [2.24, 2.45) is 11.1 Å². The van der Waals surface area contributed by atoms with Crippen molar-refractivity contribution < 1.29 is 19.5 Å². The van der Waals surface area contributed by atoms with Gasteiger partial charge in [0, 0.05) is 58.8 Å². The molecular formula is C31H48ClN7O4S. The quantitative estimate of drug-likeness (QED) is 0.285. The number of aryl methyl sites for hydroxylation is 1. The number of aromatic nitrogens is 1. The standard InChI is InChI=1S/C31H47N7O4S.ClH/c1-21-27(43-20-34-21)23-7-5-22(6-8-23)9-11-33-29(41)25-17-24(39)18-38(25)30(42)28(31(2,3)4)35-26(40)19-37-15-13-36(12-10-32)14-16-37;/h5-8,20,24-25,28,39H,9-19,32H2,1-4H3,(H,33,41)(H,35,40);1H/t24-,25-,28+;/m0./s1. The molecule has 1 aromatic carbocycles. The number of nitrogens with one attached hydrogen (secondary N) is 2. The van der Waals surface area contributed by atoms with Gasteiger partial charge in [-0.3, -0.25) is 24.2 Å². The van der Waals surface area contributed by atoms with Crippen LogP contribution in [0.15, 0.2) is 29.8 Å². The molecule has 0 radical (unpaired) electrons. The van der Waals surface area contributed by atoms with E-state index in [0.29, 0.717) is 19.5 Å². The lowest BCUT2D eigenvalue weighted by molar-refractivity contribution is -0.144. The average molecular weight is 650 g/mol. The molecule has 0 saturated carbocycles. The van der Waals surface area contributed by atoms with Crippen LogP contribution in [0.5, 0.6) is 0 Å². The number of nitrogens with two attached hydrogens (primary N) is 1. The fourth-order valence-electron chi connectivity index (χ4n) is 5.73. The van der Waals surface area contributed by atoms with Crippen molar-refractivity contribution in [2.75, 3.05) is 58.9 Å². The second kappa shape index (κ2) is 16.1. The maximum Gasteiger partial charge on any atom is 0.246 e. The zero-order chi connectivity index (χ0) is 31.1. The number of benzene rings is 1. The molecule has 11 nitrogen and oxygen atoms in total. The molecule has 2 fully saturated rings. The van der Waals surface area contributed by atoms with E-state index in [2.05, 4.69) is 37.6 Å². The summed E-state index contributed by atoms with van der Waals surface area (Å²) in [5, 5.41) is 16.4. The van der Waals surface area contributed by atoms with Crippen molar-refractivity contribution in [3.63, 3.8) is 0 Å². The van der Waals surface area contributed by atoms with Crippen molar-refractivity contribution in [3.05, 3.63) is 41.0 Å². The Hall–Kier alpha value is -2.61. The first-order chi connectivity index (χ1) is 20.5. The number of thiazole rings is 1. The van der Waals surface area contributed by atoms with Gasteiger partial charge in [-0.15, -0.1) is 23.7 Å². The summed E-state index contributed by atoms with van der Waals surface area (Å²) < 4.78 is 0. The third-order valence-electron chi connectivity index (χ3n) is 8.24. The van der Waals surface area contributed by atoms with E-state index in [1.54, 1.807) is 11.3 Å². The smallest absolute Gasteiger partial charge is 0.246 e. The van der Waals surface area contributed by atoms with E-state index in [4.69, 9.17) is 5.73 Å². The van der Waals surface area contributed by atoms with Crippen LogP contribution in [0, 0.1) is 12.3 Å².